The highest BCUT2D eigenvalue weighted by atomic mass is 28.3. The molecule has 27 heavy (non-hydrogen) atoms. The van der Waals surface area contributed by atoms with Crippen molar-refractivity contribution < 1.29 is 19.2 Å². The molecule has 0 saturated heterocycles. The van der Waals surface area contributed by atoms with Crippen LogP contribution in [0.2, 0.25) is 18.1 Å². The maximum absolute atomic E-state index is 12.4. The van der Waals surface area contributed by atoms with E-state index in [9.17, 15) is 19.7 Å². The third kappa shape index (κ3) is 6.22. The number of non-ortho nitro benzene ring substituents is 1. The Bertz CT molecular complexity index is 787. The fraction of sp³-hybridized carbons (Fsp3) is 0.474. The van der Waals surface area contributed by atoms with Gasteiger partial charge < -0.3 is 10.1 Å². The minimum atomic E-state index is -1.84. The summed E-state index contributed by atoms with van der Waals surface area (Å²) in [5.41, 5.74) is 3.18. The van der Waals surface area contributed by atoms with Gasteiger partial charge in [0, 0.05) is 24.1 Å². The predicted octanol–water partition coefficient (Wildman–Crippen LogP) is 3.31. The molecule has 0 unspecified atom stereocenters. The van der Waals surface area contributed by atoms with Crippen LogP contribution in [0.4, 0.5) is 5.69 Å². The van der Waals surface area contributed by atoms with Crippen molar-refractivity contribution >= 4 is 25.6 Å². The Morgan fingerprint density at radius 1 is 1.33 bits per heavy atom. The van der Waals surface area contributed by atoms with E-state index in [1.807, 2.05) is 0 Å². The van der Waals surface area contributed by atoms with Gasteiger partial charge in [-0.1, -0.05) is 39.9 Å². The highest BCUT2D eigenvalue weighted by Crippen LogP contribution is 2.35. The number of rotatable bonds is 5. The highest BCUT2D eigenvalue weighted by Gasteiger charge is 2.33. The number of nitro benzene ring substituents is 1. The van der Waals surface area contributed by atoms with Crippen LogP contribution in [0.5, 0.6) is 0 Å². The van der Waals surface area contributed by atoms with Crippen molar-refractivity contribution in [1.29, 1.82) is 0 Å². The van der Waals surface area contributed by atoms with Crippen LogP contribution in [0.3, 0.4) is 0 Å². The lowest BCUT2D eigenvalue weighted by Gasteiger charge is -2.31. The van der Waals surface area contributed by atoms with Crippen LogP contribution >= 0.6 is 0 Å². The van der Waals surface area contributed by atoms with E-state index in [0.29, 0.717) is 0 Å². The Morgan fingerprint density at radius 3 is 2.48 bits per heavy atom. The van der Waals surface area contributed by atoms with E-state index in [4.69, 9.17) is 4.74 Å². The van der Waals surface area contributed by atoms with Gasteiger partial charge in [0.2, 0.25) is 0 Å². The smallest absolute Gasteiger partial charge is 0.329 e. The summed E-state index contributed by atoms with van der Waals surface area (Å²) in [6, 6.07) is 4.36. The van der Waals surface area contributed by atoms with Crippen LogP contribution in [-0.2, 0) is 9.53 Å². The number of esters is 1. The molecule has 0 fully saturated rings. The minimum absolute atomic E-state index is 0.0764. The second kappa shape index (κ2) is 8.82. The first-order valence-electron chi connectivity index (χ1n) is 8.52. The lowest BCUT2D eigenvalue weighted by Crippen LogP contribution is -2.41. The van der Waals surface area contributed by atoms with E-state index in [0.717, 1.165) is 6.07 Å². The summed E-state index contributed by atoms with van der Waals surface area (Å²) in [6.07, 6.45) is 0.111. The molecule has 1 amide bonds. The number of amides is 1. The van der Waals surface area contributed by atoms with E-state index in [1.165, 1.54) is 25.3 Å². The molecule has 0 aromatic heterocycles. The average Bonchev–Trinajstić information content (AvgIpc) is 2.59. The zero-order valence-electron chi connectivity index (χ0n) is 16.6. The molecule has 1 aromatic carbocycles. The van der Waals surface area contributed by atoms with Crippen LogP contribution in [-0.4, -0.2) is 38.0 Å². The van der Waals surface area contributed by atoms with Crippen molar-refractivity contribution in [2.45, 2.75) is 51.4 Å². The van der Waals surface area contributed by atoms with Gasteiger partial charge in [-0.25, -0.2) is 4.79 Å². The lowest BCUT2D eigenvalue weighted by molar-refractivity contribution is -0.384. The topological polar surface area (TPSA) is 98.5 Å². The number of nitrogens with one attached hydrogen (secondary N) is 1. The summed E-state index contributed by atoms with van der Waals surface area (Å²) in [4.78, 5) is 34.7. The zero-order chi connectivity index (χ0) is 20.8. The van der Waals surface area contributed by atoms with Gasteiger partial charge in [-0.2, -0.15) is 0 Å². The predicted molar refractivity (Wildman–Crippen MR) is 106 cm³/mol. The van der Waals surface area contributed by atoms with E-state index in [2.05, 4.69) is 50.6 Å². The summed E-state index contributed by atoms with van der Waals surface area (Å²) in [7, 11) is -0.609. The number of hydrogen-bond acceptors (Lipinski definition) is 5. The number of carbonyl (C=O) groups is 2. The third-order valence-corrected chi connectivity index (χ3v) is 9.24. The summed E-state index contributed by atoms with van der Waals surface area (Å²) < 4.78 is 4.74. The monoisotopic (exact) mass is 390 g/mol. The second-order valence-electron chi connectivity index (χ2n) is 7.74. The lowest BCUT2D eigenvalue weighted by atomic mass is 10.1. The molecule has 0 saturated carbocycles. The Morgan fingerprint density at radius 2 is 1.96 bits per heavy atom. The number of nitrogens with zero attached hydrogens (tertiary/aromatic N) is 1. The molecule has 1 atom stereocenters. The normalized spacial score (nSPS) is 12.4. The largest absolute Gasteiger partial charge is 0.467 e. The minimum Gasteiger partial charge on any atom is -0.467 e. The highest BCUT2D eigenvalue weighted by molar-refractivity contribution is 6.87. The molecule has 8 heteroatoms. The third-order valence-electron chi connectivity index (χ3n) is 4.69. The van der Waals surface area contributed by atoms with E-state index in [-0.39, 0.29) is 22.7 Å². The van der Waals surface area contributed by atoms with Crippen LogP contribution < -0.4 is 5.32 Å². The quantitative estimate of drug-likeness (QED) is 0.273. The summed E-state index contributed by atoms with van der Waals surface area (Å²) >= 11 is 0. The van der Waals surface area contributed by atoms with Gasteiger partial charge in [0.05, 0.1) is 12.0 Å². The first-order chi connectivity index (χ1) is 12.4. The van der Waals surface area contributed by atoms with Gasteiger partial charge in [-0.15, -0.1) is 11.5 Å². The fourth-order valence-electron chi connectivity index (χ4n) is 1.90. The number of carbonyl (C=O) groups excluding carboxylic acids is 2. The average molecular weight is 391 g/mol. The molecular weight excluding hydrogens is 364 g/mol. The van der Waals surface area contributed by atoms with Crippen molar-refractivity contribution in [3.05, 3.63) is 39.9 Å². The maximum atomic E-state index is 12.4. The fourth-order valence-corrected chi connectivity index (χ4v) is 2.82. The Kier molecular flexibility index (Phi) is 7.31. The van der Waals surface area contributed by atoms with E-state index < -0.39 is 30.9 Å². The molecule has 146 valence electrons. The van der Waals surface area contributed by atoms with Gasteiger partial charge in [0.1, 0.15) is 14.1 Å². The van der Waals surface area contributed by atoms with Crippen LogP contribution in [0.15, 0.2) is 24.3 Å². The zero-order valence-corrected chi connectivity index (χ0v) is 17.6. The molecule has 0 aliphatic heterocycles. The van der Waals surface area contributed by atoms with Crippen molar-refractivity contribution in [3.63, 3.8) is 0 Å². The summed E-state index contributed by atoms with van der Waals surface area (Å²) in [6.45, 7) is 10.7. The molecule has 0 spiro atoms. The molecule has 0 aliphatic rings. The molecule has 1 N–H and O–H groups in total. The van der Waals surface area contributed by atoms with Crippen molar-refractivity contribution in [3.8, 4) is 11.5 Å². The standard InChI is InChI=1S/C19H26N2O5Si/c1-19(2,3)27(5,6)12-8-11-16(18(23)26-4)20-17(22)14-9-7-10-15(13-14)21(24)25/h7,9-10,13,16H,11H2,1-6H3,(H,20,22)/t16-/m0/s1. The Labute approximate surface area is 160 Å². The number of ether oxygens (including phenoxy) is 1. The molecule has 7 nitrogen and oxygen atoms in total. The molecule has 0 aliphatic carbocycles. The van der Waals surface area contributed by atoms with Crippen LogP contribution in [0.25, 0.3) is 0 Å². The van der Waals surface area contributed by atoms with Crippen LogP contribution in [0.1, 0.15) is 37.6 Å². The second-order valence-corrected chi connectivity index (χ2v) is 12.7. The number of nitro groups is 1. The van der Waals surface area contributed by atoms with Gasteiger partial charge >= 0.3 is 5.97 Å². The van der Waals surface area contributed by atoms with E-state index >= 15 is 0 Å². The SMILES string of the molecule is COC(=O)[C@H](CC#C[Si](C)(C)C(C)(C)C)NC(=O)c1cccc([N+](=O)[O-])c1. The molecule has 1 rings (SSSR count). The number of benzene rings is 1. The maximum Gasteiger partial charge on any atom is 0.329 e. The number of methoxy groups -OCH3 is 1. The summed E-state index contributed by atoms with van der Waals surface area (Å²) in [5, 5.41) is 13.5. The summed E-state index contributed by atoms with van der Waals surface area (Å²) in [5.74, 6) is 1.82. The molecule has 1 aromatic rings. The molecule has 0 radical (unpaired) electrons. The van der Waals surface area contributed by atoms with Gasteiger partial charge in [-0.05, 0) is 11.1 Å². The van der Waals surface area contributed by atoms with Gasteiger partial charge in [0.25, 0.3) is 11.6 Å². The Balaban J connectivity index is 2.97. The van der Waals surface area contributed by atoms with E-state index in [1.54, 1.807) is 0 Å². The van der Waals surface area contributed by atoms with Gasteiger partial charge in [-0.3, -0.25) is 14.9 Å². The first-order valence-corrected chi connectivity index (χ1v) is 11.5. The molecular formula is C19H26N2O5Si. The van der Waals surface area contributed by atoms with Crippen molar-refractivity contribution in [2.75, 3.05) is 7.11 Å². The van der Waals surface area contributed by atoms with Crippen LogP contribution in [0, 0.1) is 21.6 Å². The van der Waals surface area contributed by atoms with Crippen molar-refractivity contribution in [1.82, 2.24) is 5.32 Å². The molecule has 0 bridgehead atoms. The molecule has 0 heterocycles. The Hall–Kier alpha value is -2.66. The first kappa shape index (κ1) is 22.4. The van der Waals surface area contributed by atoms with Gasteiger partial charge in [0.15, 0.2) is 0 Å². The van der Waals surface area contributed by atoms with Crippen molar-refractivity contribution in [2.24, 2.45) is 0 Å². The number of hydrogen-bond donors (Lipinski definition) is 1.